The summed E-state index contributed by atoms with van der Waals surface area (Å²) in [6.45, 7) is 3.99. The van der Waals surface area contributed by atoms with Crippen molar-refractivity contribution in [3.63, 3.8) is 0 Å². The zero-order chi connectivity index (χ0) is 15.4. The molecule has 0 radical (unpaired) electrons. The molecule has 0 unspecified atom stereocenters. The molecular weight excluding hydrogens is 314 g/mol. The molecule has 1 aromatic rings. The van der Waals surface area contributed by atoms with Crippen molar-refractivity contribution in [2.45, 2.75) is 37.1 Å². The maximum absolute atomic E-state index is 12.3. The third-order valence-electron chi connectivity index (χ3n) is 3.54. The third-order valence-corrected chi connectivity index (χ3v) is 5.14. The Labute approximate surface area is 131 Å². The number of hydrogen-bond acceptors (Lipinski definition) is 4. The van der Waals surface area contributed by atoms with Crippen molar-refractivity contribution in [1.82, 2.24) is 4.72 Å². The van der Waals surface area contributed by atoms with E-state index in [0.717, 1.165) is 0 Å². The summed E-state index contributed by atoms with van der Waals surface area (Å²) < 4.78 is 27.3. The summed E-state index contributed by atoms with van der Waals surface area (Å²) >= 11 is 0. The smallest absolute Gasteiger partial charge is 0.248 e. The van der Waals surface area contributed by atoms with Crippen molar-refractivity contribution in [2.75, 3.05) is 6.54 Å². The van der Waals surface area contributed by atoms with Crippen LogP contribution in [-0.2, 0) is 10.0 Å². The highest BCUT2D eigenvalue weighted by molar-refractivity contribution is 7.89. The standard InChI is InChI=1S/C13H21N3O3S.ClH/c1-3-13(4-2,9-14)16-20(18,19)11-7-5-10(6-8-11)12(15)17;/h5-8,16H,3-4,9,14H2,1-2H3,(H2,15,17);1H. The molecular formula is C13H22ClN3O3S. The predicted molar refractivity (Wildman–Crippen MR) is 84.9 cm³/mol. The number of amides is 1. The van der Waals surface area contributed by atoms with E-state index in [4.69, 9.17) is 11.5 Å². The van der Waals surface area contributed by atoms with Crippen molar-refractivity contribution in [2.24, 2.45) is 11.5 Å². The number of primary amides is 1. The van der Waals surface area contributed by atoms with Gasteiger partial charge in [0.2, 0.25) is 15.9 Å². The van der Waals surface area contributed by atoms with Crippen LogP contribution in [0, 0.1) is 0 Å². The van der Waals surface area contributed by atoms with E-state index < -0.39 is 21.5 Å². The molecule has 8 heteroatoms. The van der Waals surface area contributed by atoms with Crippen molar-refractivity contribution in [3.8, 4) is 0 Å². The van der Waals surface area contributed by atoms with Gasteiger partial charge in [-0.3, -0.25) is 4.79 Å². The van der Waals surface area contributed by atoms with Crippen molar-refractivity contribution >= 4 is 28.3 Å². The first-order chi connectivity index (χ1) is 9.30. The molecule has 0 spiro atoms. The minimum absolute atomic E-state index is 0. The lowest BCUT2D eigenvalue weighted by atomic mass is 9.95. The van der Waals surface area contributed by atoms with Gasteiger partial charge in [0, 0.05) is 17.6 Å². The molecule has 1 amide bonds. The average Bonchev–Trinajstić information content (AvgIpc) is 2.45. The van der Waals surface area contributed by atoms with Crippen LogP contribution in [0.15, 0.2) is 29.2 Å². The van der Waals surface area contributed by atoms with Gasteiger partial charge in [-0.15, -0.1) is 12.4 Å². The van der Waals surface area contributed by atoms with E-state index in [1.165, 1.54) is 24.3 Å². The normalized spacial score (nSPS) is 11.8. The summed E-state index contributed by atoms with van der Waals surface area (Å²) in [7, 11) is -3.68. The number of carbonyl (C=O) groups is 1. The fourth-order valence-corrected chi connectivity index (χ4v) is 3.42. The van der Waals surface area contributed by atoms with Crippen molar-refractivity contribution in [1.29, 1.82) is 0 Å². The van der Waals surface area contributed by atoms with Crippen LogP contribution in [0.4, 0.5) is 0 Å². The largest absolute Gasteiger partial charge is 0.366 e. The van der Waals surface area contributed by atoms with Crippen LogP contribution >= 0.6 is 12.4 Å². The maximum Gasteiger partial charge on any atom is 0.248 e. The minimum atomic E-state index is -3.68. The first-order valence-corrected chi connectivity index (χ1v) is 7.92. The van der Waals surface area contributed by atoms with E-state index in [9.17, 15) is 13.2 Å². The molecule has 0 aliphatic heterocycles. The van der Waals surface area contributed by atoms with Crippen molar-refractivity contribution < 1.29 is 13.2 Å². The van der Waals surface area contributed by atoms with Gasteiger partial charge in [0.05, 0.1) is 4.90 Å². The molecule has 0 bridgehead atoms. The molecule has 0 aromatic heterocycles. The number of sulfonamides is 1. The third kappa shape index (κ3) is 4.67. The van der Waals surface area contributed by atoms with E-state index in [-0.39, 0.29) is 29.4 Å². The van der Waals surface area contributed by atoms with Gasteiger partial charge in [-0.1, -0.05) is 13.8 Å². The Morgan fingerprint density at radius 2 is 1.67 bits per heavy atom. The van der Waals surface area contributed by atoms with Gasteiger partial charge >= 0.3 is 0 Å². The molecule has 1 rings (SSSR count). The fourth-order valence-electron chi connectivity index (χ4n) is 1.87. The highest BCUT2D eigenvalue weighted by Gasteiger charge is 2.30. The van der Waals surface area contributed by atoms with Gasteiger partial charge in [0.15, 0.2) is 0 Å². The summed E-state index contributed by atoms with van der Waals surface area (Å²) in [6, 6.07) is 5.49. The molecule has 21 heavy (non-hydrogen) atoms. The highest BCUT2D eigenvalue weighted by Crippen LogP contribution is 2.19. The monoisotopic (exact) mass is 335 g/mol. The van der Waals surface area contributed by atoms with Gasteiger partial charge in [0.1, 0.15) is 0 Å². The molecule has 6 nitrogen and oxygen atoms in total. The van der Waals surface area contributed by atoms with Crippen LogP contribution in [-0.4, -0.2) is 26.4 Å². The van der Waals surface area contributed by atoms with Crippen LogP contribution in [0.25, 0.3) is 0 Å². The van der Waals surface area contributed by atoms with Crippen LogP contribution < -0.4 is 16.2 Å². The Hall–Kier alpha value is -1.15. The highest BCUT2D eigenvalue weighted by atomic mass is 35.5. The molecule has 0 saturated carbocycles. The van der Waals surface area contributed by atoms with E-state index in [1.54, 1.807) is 0 Å². The zero-order valence-electron chi connectivity index (χ0n) is 12.1. The van der Waals surface area contributed by atoms with Gasteiger partial charge in [0.25, 0.3) is 0 Å². The second-order valence-corrected chi connectivity index (χ2v) is 6.37. The second kappa shape index (κ2) is 7.74. The van der Waals surface area contributed by atoms with E-state index >= 15 is 0 Å². The molecule has 0 fully saturated rings. The predicted octanol–water partition coefficient (Wildman–Crippen LogP) is 1.00. The lowest BCUT2D eigenvalue weighted by Gasteiger charge is -2.30. The van der Waals surface area contributed by atoms with Crippen LogP contribution in [0.3, 0.4) is 0 Å². The fraction of sp³-hybridized carbons (Fsp3) is 0.462. The number of halogens is 1. The minimum Gasteiger partial charge on any atom is -0.366 e. The molecule has 0 atom stereocenters. The summed E-state index contributed by atoms with van der Waals surface area (Å²) in [5.41, 5.74) is 10.4. The Balaban J connectivity index is 0.00000400. The van der Waals surface area contributed by atoms with E-state index in [0.29, 0.717) is 12.8 Å². The molecule has 1 aromatic carbocycles. The number of hydrogen-bond donors (Lipinski definition) is 3. The lowest BCUT2D eigenvalue weighted by molar-refractivity contribution is 0.1000. The Morgan fingerprint density at radius 1 is 1.19 bits per heavy atom. The number of carbonyl (C=O) groups excluding carboxylic acids is 1. The van der Waals surface area contributed by atoms with Crippen LogP contribution in [0.2, 0.25) is 0 Å². The summed E-state index contributed by atoms with van der Waals surface area (Å²) in [4.78, 5) is 11.1. The van der Waals surface area contributed by atoms with Gasteiger partial charge in [-0.05, 0) is 37.1 Å². The van der Waals surface area contributed by atoms with E-state index in [1.807, 2.05) is 13.8 Å². The topological polar surface area (TPSA) is 115 Å². The van der Waals surface area contributed by atoms with E-state index in [2.05, 4.69) is 4.72 Å². The Bertz CT molecular complexity index is 561. The number of benzene rings is 1. The number of rotatable bonds is 7. The molecule has 0 aliphatic carbocycles. The Morgan fingerprint density at radius 3 is 2.00 bits per heavy atom. The maximum atomic E-state index is 12.3. The molecule has 120 valence electrons. The van der Waals surface area contributed by atoms with Gasteiger partial charge in [-0.2, -0.15) is 0 Å². The molecule has 0 aliphatic rings. The van der Waals surface area contributed by atoms with Gasteiger partial charge < -0.3 is 11.5 Å². The first kappa shape index (κ1) is 19.9. The number of nitrogens with two attached hydrogens (primary N) is 2. The Kier molecular flexibility index (Phi) is 7.32. The summed E-state index contributed by atoms with van der Waals surface area (Å²) in [5, 5.41) is 0. The quantitative estimate of drug-likeness (QED) is 0.689. The SMILES string of the molecule is CCC(CC)(CN)NS(=O)(=O)c1ccc(C(N)=O)cc1.Cl. The summed E-state index contributed by atoms with van der Waals surface area (Å²) in [6.07, 6.45) is 1.19. The summed E-state index contributed by atoms with van der Waals surface area (Å²) in [5.74, 6) is -0.597. The first-order valence-electron chi connectivity index (χ1n) is 6.44. The zero-order valence-corrected chi connectivity index (χ0v) is 13.8. The van der Waals surface area contributed by atoms with Crippen LogP contribution in [0.5, 0.6) is 0 Å². The molecule has 0 heterocycles. The van der Waals surface area contributed by atoms with Crippen LogP contribution in [0.1, 0.15) is 37.0 Å². The molecule has 5 N–H and O–H groups in total. The number of nitrogens with one attached hydrogen (secondary N) is 1. The lowest BCUT2D eigenvalue weighted by Crippen LogP contribution is -2.52. The average molecular weight is 336 g/mol. The second-order valence-electron chi connectivity index (χ2n) is 4.69. The van der Waals surface area contributed by atoms with Crippen molar-refractivity contribution in [3.05, 3.63) is 29.8 Å². The molecule has 0 saturated heterocycles. The van der Waals surface area contributed by atoms with Gasteiger partial charge in [-0.25, -0.2) is 13.1 Å².